The Morgan fingerprint density at radius 1 is 0.468 bits per heavy atom. The molecule has 0 unspecified atom stereocenters. The molecule has 8 amide bonds. The van der Waals surface area contributed by atoms with Gasteiger partial charge in [0.05, 0.1) is 24.3 Å². The number of aryl methyl sites for hydroxylation is 2. The van der Waals surface area contributed by atoms with Crippen LogP contribution in [0.15, 0.2) is 77.7 Å². The summed E-state index contributed by atoms with van der Waals surface area (Å²) in [5, 5.41) is 19.6. The minimum Gasteiger partial charge on any atom is -0.496 e. The lowest BCUT2D eigenvalue weighted by Crippen LogP contribution is -2.44. The van der Waals surface area contributed by atoms with Gasteiger partial charge in [-0.2, -0.15) is 0 Å². The first-order valence-electron chi connectivity index (χ1n) is 26.5. The Morgan fingerprint density at radius 2 is 0.810 bits per heavy atom. The van der Waals surface area contributed by atoms with Gasteiger partial charge in [-0.3, -0.25) is 38.4 Å². The van der Waals surface area contributed by atoms with Crippen LogP contribution in [-0.2, 0) is 19.2 Å². The van der Waals surface area contributed by atoms with Crippen LogP contribution >= 0.6 is 11.8 Å². The van der Waals surface area contributed by atoms with E-state index in [2.05, 4.69) is 37.2 Å². The molecule has 0 radical (unpaired) electrons. The highest BCUT2D eigenvalue weighted by molar-refractivity contribution is 7.98. The molecule has 22 nitrogen and oxygen atoms in total. The maximum absolute atomic E-state index is 14.2. The molecule has 4 aromatic rings. The van der Waals surface area contributed by atoms with Crippen molar-refractivity contribution in [2.45, 2.75) is 120 Å². The number of amides is 8. The van der Waals surface area contributed by atoms with E-state index in [4.69, 9.17) is 39.1 Å². The summed E-state index contributed by atoms with van der Waals surface area (Å²) < 4.78 is 5.54. The number of carbonyl (C=O) groups is 8. The van der Waals surface area contributed by atoms with Gasteiger partial charge < -0.3 is 76.4 Å². The summed E-state index contributed by atoms with van der Waals surface area (Å²) in [5.74, 6) is -4.51. The van der Waals surface area contributed by atoms with Gasteiger partial charge in [0.25, 0.3) is 17.7 Å². The molecule has 0 aromatic heterocycles. The Balaban J connectivity index is 1.52. The van der Waals surface area contributed by atoms with Crippen molar-refractivity contribution in [3.8, 4) is 5.75 Å². The summed E-state index contributed by atoms with van der Waals surface area (Å²) in [6.45, 7) is 5.00. The highest BCUT2D eigenvalue weighted by Gasteiger charge is 2.28. The summed E-state index contributed by atoms with van der Waals surface area (Å²) >= 11 is 1.33. The van der Waals surface area contributed by atoms with E-state index in [-0.39, 0.29) is 58.6 Å². The van der Waals surface area contributed by atoms with E-state index in [0.29, 0.717) is 105 Å². The van der Waals surface area contributed by atoms with Gasteiger partial charge in [-0.15, -0.1) is 11.8 Å². The van der Waals surface area contributed by atoms with Gasteiger partial charge in [-0.1, -0.05) is 18.6 Å². The van der Waals surface area contributed by atoms with Crippen molar-refractivity contribution in [2.24, 2.45) is 34.4 Å². The SMILES string of the molecule is COc1ccc(NC(=O)[C@H](CCCCN)NC(=O)c2cc(NC(=O)[C@@H](N)CCCCN)ccc2C)cc1C(=O)N[C@@H](CCCCN)C(=O)Nc1ccc(C)c(C(=O)N[C@@H](CCCCN)C(=O)Nc2ccc(SC)c(C(N)=O)c2)c1. The molecule has 4 aromatic carbocycles. The van der Waals surface area contributed by atoms with Crippen LogP contribution in [0.2, 0.25) is 0 Å². The number of benzene rings is 4. The van der Waals surface area contributed by atoms with E-state index in [0.717, 1.165) is 6.42 Å². The second-order valence-electron chi connectivity index (χ2n) is 19.0. The van der Waals surface area contributed by atoms with E-state index in [1.165, 1.54) is 55.3 Å². The number of primary amides is 1. The number of hydrogen-bond donors (Lipinski definition) is 13. The smallest absolute Gasteiger partial charge is 0.255 e. The van der Waals surface area contributed by atoms with Crippen LogP contribution in [0.25, 0.3) is 0 Å². The molecule has 0 saturated heterocycles. The third-order valence-electron chi connectivity index (χ3n) is 13.0. The fourth-order valence-electron chi connectivity index (χ4n) is 8.39. The zero-order valence-electron chi connectivity index (χ0n) is 45.6. The van der Waals surface area contributed by atoms with E-state index >= 15 is 0 Å². The van der Waals surface area contributed by atoms with Crippen LogP contribution in [0.3, 0.4) is 0 Å². The maximum Gasteiger partial charge on any atom is 0.255 e. The van der Waals surface area contributed by atoms with Crippen LogP contribution in [-0.4, -0.2) is 111 Å². The molecular weight excluding hydrogens is 1030 g/mol. The number of anilines is 4. The average molecular weight is 1110 g/mol. The van der Waals surface area contributed by atoms with Gasteiger partial charge in [0.1, 0.15) is 23.9 Å². The van der Waals surface area contributed by atoms with Gasteiger partial charge in [0.2, 0.25) is 29.5 Å². The molecule has 79 heavy (non-hydrogen) atoms. The Morgan fingerprint density at radius 3 is 1.19 bits per heavy atom. The summed E-state index contributed by atoms with van der Waals surface area (Å²) in [7, 11) is 1.37. The lowest BCUT2D eigenvalue weighted by molar-refractivity contribution is -0.118. The zero-order chi connectivity index (χ0) is 58.0. The average Bonchev–Trinajstić information content (AvgIpc) is 3.44. The van der Waals surface area contributed by atoms with Crippen molar-refractivity contribution in [3.05, 3.63) is 106 Å². The van der Waals surface area contributed by atoms with Crippen LogP contribution in [0.5, 0.6) is 5.75 Å². The number of hydrogen-bond acceptors (Lipinski definition) is 15. The number of carbonyl (C=O) groups excluding carboxylic acids is 8. The molecule has 0 saturated carbocycles. The number of ether oxygens (including phenoxy) is 1. The van der Waals surface area contributed by atoms with Crippen LogP contribution in [0.4, 0.5) is 22.7 Å². The third-order valence-corrected chi connectivity index (χ3v) is 13.8. The Labute approximate surface area is 466 Å². The third kappa shape index (κ3) is 20.1. The number of unbranched alkanes of at least 4 members (excludes halogenated alkanes) is 4. The summed E-state index contributed by atoms with van der Waals surface area (Å²) in [4.78, 5) is 109. The molecular formula is C56H79N13O9S. The molecule has 4 atom stereocenters. The standard InChI is InChI=1S/C56H79N13O9S/c1-33-17-19-35(63-53(74)43(61)13-5-9-25-57)29-39(33)50(71)67-44(14-6-10-26-58)54(75)65-37-21-23-47(78-3)41(31-37)52(73)69-46(16-8-12-28-60)56(77)64-36-20-18-34(2)40(30-36)51(72)68-45(15-7-11-27-59)55(76)66-38-22-24-48(79-4)42(32-38)49(62)70/h17-24,29-32,43-46H,5-16,25-28,57-61H2,1-4H3,(H2,62,70)(H,63,74)(H,64,77)(H,65,75)(H,66,76)(H,67,71)(H,68,72)(H,69,73)/t43-,44-,45-,46-/m0/s1. The first-order chi connectivity index (χ1) is 37.9. The monoisotopic (exact) mass is 1110 g/mol. The van der Waals surface area contributed by atoms with E-state index in [1.54, 1.807) is 56.5 Å². The largest absolute Gasteiger partial charge is 0.496 e. The van der Waals surface area contributed by atoms with Crippen LogP contribution in [0, 0.1) is 13.8 Å². The highest BCUT2D eigenvalue weighted by atomic mass is 32.2. The lowest BCUT2D eigenvalue weighted by atomic mass is 10.0. The van der Waals surface area contributed by atoms with Crippen molar-refractivity contribution in [3.63, 3.8) is 0 Å². The first-order valence-corrected chi connectivity index (χ1v) is 27.7. The molecule has 0 fully saturated rings. The minimum atomic E-state index is -1.12. The minimum absolute atomic E-state index is 0.0149. The number of nitrogens with two attached hydrogens (primary N) is 6. The molecule has 0 spiro atoms. The predicted octanol–water partition coefficient (Wildman–Crippen LogP) is 4.13. The van der Waals surface area contributed by atoms with Crippen molar-refractivity contribution in [2.75, 3.05) is 60.8 Å². The summed E-state index contributed by atoms with van der Waals surface area (Å²) in [6.07, 6.45) is 7.51. The number of nitrogens with one attached hydrogen (secondary N) is 7. The van der Waals surface area contributed by atoms with Crippen molar-refractivity contribution >= 4 is 81.8 Å². The molecule has 23 heteroatoms. The fourth-order valence-corrected chi connectivity index (χ4v) is 8.97. The molecule has 0 aliphatic carbocycles. The predicted molar refractivity (Wildman–Crippen MR) is 310 cm³/mol. The van der Waals surface area contributed by atoms with E-state index in [1.807, 2.05) is 0 Å². The zero-order valence-corrected chi connectivity index (χ0v) is 46.4. The fraction of sp³-hybridized carbons (Fsp3) is 0.429. The highest BCUT2D eigenvalue weighted by Crippen LogP contribution is 2.26. The topological polar surface area (TPSA) is 386 Å². The summed E-state index contributed by atoms with van der Waals surface area (Å²) in [5.41, 5.74) is 37.4. The Kier molecular flexibility index (Phi) is 26.9. The second kappa shape index (κ2) is 33.1. The van der Waals surface area contributed by atoms with Gasteiger partial charge in [-0.05, 0) is 189 Å². The number of rotatable bonds is 33. The van der Waals surface area contributed by atoms with Gasteiger partial charge in [0, 0.05) is 38.8 Å². The van der Waals surface area contributed by atoms with Crippen molar-refractivity contribution in [1.29, 1.82) is 0 Å². The van der Waals surface area contributed by atoms with Gasteiger partial charge in [0.15, 0.2) is 0 Å². The molecule has 4 rings (SSSR count). The van der Waals surface area contributed by atoms with Crippen molar-refractivity contribution < 1.29 is 43.1 Å². The number of methoxy groups -OCH3 is 1. The second-order valence-corrected chi connectivity index (χ2v) is 19.9. The van der Waals surface area contributed by atoms with Crippen LogP contribution < -0.4 is 76.4 Å². The lowest BCUT2D eigenvalue weighted by Gasteiger charge is -2.21. The number of thioether (sulfide) groups is 1. The van der Waals surface area contributed by atoms with Crippen molar-refractivity contribution in [1.82, 2.24) is 16.0 Å². The molecule has 428 valence electrons. The molecule has 0 heterocycles. The van der Waals surface area contributed by atoms with Gasteiger partial charge in [-0.25, -0.2) is 0 Å². The van der Waals surface area contributed by atoms with E-state index < -0.39 is 71.4 Å². The quantitative estimate of drug-likeness (QED) is 0.0236. The van der Waals surface area contributed by atoms with Gasteiger partial charge >= 0.3 is 0 Å². The Bertz CT molecular complexity index is 2760. The van der Waals surface area contributed by atoms with E-state index in [9.17, 15) is 38.4 Å². The van der Waals surface area contributed by atoms with Crippen LogP contribution in [0.1, 0.15) is 130 Å². The molecule has 0 bridgehead atoms. The molecule has 0 aliphatic rings. The molecule has 0 aliphatic heterocycles. The summed E-state index contributed by atoms with van der Waals surface area (Å²) in [6, 6.07) is 14.8. The Hall–Kier alpha value is -7.41. The normalized spacial score (nSPS) is 12.5. The molecule has 19 N–H and O–H groups in total. The first kappa shape index (κ1) is 64.1. The maximum atomic E-state index is 14.2.